The molecule has 0 aromatic carbocycles. The summed E-state index contributed by atoms with van der Waals surface area (Å²) in [6, 6.07) is -0.213. The molecule has 0 amide bonds. The zero-order valence-electron chi connectivity index (χ0n) is 10.2. The summed E-state index contributed by atoms with van der Waals surface area (Å²) in [5, 5.41) is 9.65. The molecule has 0 aliphatic heterocycles. The Morgan fingerprint density at radius 3 is 2.83 bits per heavy atom. The molecule has 1 aliphatic rings. The lowest BCUT2D eigenvalue weighted by atomic mass is 9.85. The van der Waals surface area contributed by atoms with Crippen LogP contribution in [0.2, 0.25) is 0 Å². The van der Waals surface area contributed by atoms with Gasteiger partial charge in [-0.3, -0.25) is 5.10 Å². The second-order valence-corrected chi connectivity index (χ2v) is 4.86. The van der Waals surface area contributed by atoms with E-state index in [1.54, 1.807) is 0 Å². The molecule has 1 aromatic heterocycles. The van der Waals surface area contributed by atoms with E-state index in [2.05, 4.69) is 20.5 Å². The summed E-state index contributed by atoms with van der Waals surface area (Å²) in [4.78, 5) is 4.00. The zero-order valence-corrected chi connectivity index (χ0v) is 10.2. The van der Waals surface area contributed by atoms with Gasteiger partial charge in [-0.2, -0.15) is 18.3 Å². The lowest BCUT2D eigenvalue weighted by molar-refractivity contribution is -0.183. The Morgan fingerprint density at radius 1 is 1.44 bits per heavy atom. The Kier molecular flexibility index (Phi) is 3.89. The molecule has 0 bridgehead atoms. The highest BCUT2D eigenvalue weighted by molar-refractivity contribution is 4.92. The van der Waals surface area contributed by atoms with Gasteiger partial charge in [-0.25, -0.2) is 4.98 Å². The van der Waals surface area contributed by atoms with Gasteiger partial charge < -0.3 is 5.32 Å². The van der Waals surface area contributed by atoms with Crippen molar-refractivity contribution in [2.45, 2.75) is 50.9 Å². The number of nitrogens with one attached hydrogen (secondary N) is 2. The van der Waals surface area contributed by atoms with Crippen LogP contribution in [0, 0.1) is 5.92 Å². The number of halogens is 3. The highest BCUT2D eigenvalue weighted by atomic mass is 19.4. The Hall–Kier alpha value is -1.11. The first-order valence-corrected chi connectivity index (χ1v) is 6.15. The van der Waals surface area contributed by atoms with Gasteiger partial charge in [-0.1, -0.05) is 6.42 Å². The molecule has 102 valence electrons. The summed E-state index contributed by atoms with van der Waals surface area (Å²) in [6.45, 7) is 1.87. The van der Waals surface area contributed by atoms with E-state index >= 15 is 0 Å². The van der Waals surface area contributed by atoms with Crippen LogP contribution in [0.4, 0.5) is 13.2 Å². The Morgan fingerprint density at radius 2 is 2.22 bits per heavy atom. The highest BCUT2D eigenvalue weighted by Crippen LogP contribution is 2.37. The first kappa shape index (κ1) is 13.3. The summed E-state index contributed by atoms with van der Waals surface area (Å²) in [6.07, 6.45) is -0.876. The second-order valence-electron chi connectivity index (χ2n) is 4.86. The number of alkyl halides is 3. The third-order valence-corrected chi connectivity index (χ3v) is 3.47. The fourth-order valence-corrected chi connectivity index (χ4v) is 2.49. The molecule has 2 N–H and O–H groups in total. The zero-order chi connectivity index (χ0) is 13.2. The van der Waals surface area contributed by atoms with E-state index < -0.39 is 12.1 Å². The number of nitrogens with zero attached hydrogens (tertiary/aromatic N) is 2. The molecule has 1 fully saturated rings. The van der Waals surface area contributed by atoms with Crippen molar-refractivity contribution in [2.75, 3.05) is 0 Å². The Labute approximate surface area is 103 Å². The van der Waals surface area contributed by atoms with E-state index in [1.807, 2.05) is 6.92 Å². The van der Waals surface area contributed by atoms with Crippen molar-refractivity contribution in [2.24, 2.45) is 5.92 Å². The van der Waals surface area contributed by atoms with E-state index in [9.17, 15) is 13.2 Å². The first-order chi connectivity index (χ1) is 8.47. The predicted octanol–water partition coefficient (Wildman–Crippen LogP) is 2.58. The fraction of sp³-hybridized carbons (Fsp3) is 0.818. The van der Waals surface area contributed by atoms with Crippen molar-refractivity contribution >= 4 is 0 Å². The molecule has 1 heterocycles. The summed E-state index contributed by atoms with van der Waals surface area (Å²) in [5.74, 6) is -0.519. The quantitative estimate of drug-likeness (QED) is 0.880. The van der Waals surface area contributed by atoms with Gasteiger partial charge in [0.25, 0.3) is 0 Å². The minimum absolute atomic E-state index is 0.106. The smallest absolute Gasteiger partial charge is 0.305 e. The average Bonchev–Trinajstić information content (AvgIpc) is 2.81. The number of aromatic amines is 1. The maximum absolute atomic E-state index is 12.7. The molecule has 1 saturated carbocycles. The van der Waals surface area contributed by atoms with Gasteiger partial charge in [0.1, 0.15) is 12.2 Å². The van der Waals surface area contributed by atoms with Gasteiger partial charge in [0.15, 0.2) is 0 Å². The second kappa shape index (κ2) is 5.26. The molecule has 7 heteroatoms. The minimum atomic E-state index is -4.07. The van der Waals surface area contributed by atoms with Crippen LogP contribution in [0.3, 0.4) is 0 Å². The van der Waals surface area contributed by atoms with Gasteiger partial charge in [0.2, 0.25) is 0 Å². The molecular weight excluding hydrogens is 245 g/mol. The monoisotopic (exact) mass is 262 g/mol. The van der Waals surface area contributed by atoms with Gasteiger partial charge in [-0.15, -0.1) is 0 Å². The summed E-state index contributed by atoms with van der Waals surface area (Å²) in [5.41, 5.74) is 0. The number of rotatable bonds is 3. The molecule has 0 saturated heterocycles. The highest BCUT2D eigenvalue weighted by Gasteiger charge is 2.42. The maximum Gasteiger partial charge on any atom is 0.391 e. The van der Waals surface area contributed by atoms with E-state index in [4.69, 9.17) is 0 Å². The van der Waals surface area contributed by atoms with Crippen molar-refractivity contribution in [1.82, 2.24) is 20.5 Å². The topological polar surface area (TPSA) is 53.6 Å². The average molecular weight is 262 g/mol. The third-order valence-electron chi connectivity index (χ3n) is 3.47. The molecule has 1 aromatic rings. The molecule has 3 unspecified atom stereocenters. The van der Waals surface area contributed by atoms with Gasteiger partial charge >= 0.3 is 6.18 Å². The number of aromatic nitrogens is 3. The number of hydrogen-bond donors (Lipinski definition) is 2. The Bertz CT molecular complexity index is 363. The number of H-pyrrole nitrogens is 1. The van der Waals surface area contributed by atoms with E-state index in [0.717, 1.165) is 6.42 Å². The molecule has 3 atom stereocenters. The minimum Gasteiger partial charge on any atom is -0.305 e. The molecular formula is C11H17F3N4. The summed E-state index contributed by atoms with van der Waals surface area (Å²) in [7, 11) is 0. The predicted molar refractivity (Wildman–Crippen MR) is 59.7 cm³/mol. The molecule has 18 heavy (non-hydrogen) atoms. The van der Waals surface area contributed by atoms with Crippen LogP contribution in [0.1, 0.15) is 44.5 Å². The lowest BCUT2D eigenvalue weighted by Gasteiger charge is -2.32. The standard InChI is InChI=1S/C11H17F3N4/c1-7(10-15-6-16-18-10)17-9-4-2-3-8(5-9)11(12,13)14/h6-9,17H,2-5H2,1H3,(H,15,16,18). The molecule has 4 nitrogen and oxygen atoms in total. The largest absolute Gasteiger partial charge is 0.391 e. The van der Waals surface area contributed by atoms with Crippen molar-refractivity contribution in [3.8, 4) is 0 Å². The van der Waals surface area contributed by atoms with Gasteiger partial charge in [-0.05, 0) is 26.2 Å². The van der Waals surface area contributed by atoms with Crippen LogP contribution in [0.5, 0.6) is 0 Å². The molecule has 2 rings (SSSR count). The van der Waals surface area contributed by atoms with Crippen LogP contribution < -0.4 is 5.32 Å². The van der Waals surface area contributed by atoms with Crippen LogP contribution in [0.15, 0.2) is 6.33 Å². The van der Waals surface area contributed by atoms with Crippen LogP contribution in [0.25, 0.3) is 0 Å². The fourth-order valence-electron chi connectivity index (χ4n) is 2.49. The van der Waals surface area contributed by atoms with Crippen molar-refractivity contribution in [3.05, 3.63) is 12.2 Å². The third kappa shape index (κ3) is 3.22. The van der Waals surface area contributed by atoms with E-state index in [0.29, 0.717) is 12.2 Å². The Balaban J connectivity index is 1.90. The molecule has 1 aliphatic carbocycles. The SMILES string of the molecule is CC(NC1CCCC(C(F)(F)F)C1)c1ncn[nH]1. The lowest BCUT2D eigenvalue weighted by Crippen LogP contribution is -2.40. The normalized spacial score (nSPS) is 27.1. The van der Waals surface area contributed by atoms with Crippen molar-refractivity contribution in [1.29, 1.82) is 0 Å². The summed E-state index contributed by atoms with van der Waals surface area (Å²) < 4.78 is 38.0. The van der Waals surface area contributed by atoms with Crippen LogP contribution >= 0.6 is 0 Å². The van der Waals surface area contributed by atoms with Gasteiger partial charge in [0, 0.05) is 6.04 Å². The van der Waals surface area contributed by atoms with Crippen LogP contribution in [-0.4, -0.2) is 27.4 Å². The van der Waals surface area contributed by atoms with E-state index in [1.165, 1.54) is 6.33 Å². The van der Waals surface area contributed by atoms with Crippen LogP contribution in [-0.2, 0) is 0 Å². The van der Waals surface area contributed by atoms with Crippen molar-refractivity contribution in [3.63, 3.8) is 0 Å². The maximum atomic E-state index is 12.7. The number of hydrogen-bond acceptors (Lipinski definition) is 3. The summed E-state index contributed by atoms with van der Waals surface area (Å²) >= 11 is 0. The van der Waals surface area contributed by atoms with Crippen molar-refractivity contribution < 1.29 is 13.2 Å². The molecule has 0 spiro atoms. The molecule has 0 radical (unpaired) electrons. The first-order valence-electron chi connectivity index (χ1n) is 6.15. The van der Waals surface area contributed by atoms with E-state index in [-0.39, 0.29) is 24.9 Å². The van der Waals surface area contributed by atoms with Gasteiger partial charge in [0.05, 0.1) is 12.0 Å².